The van der Waals surface area contributed by atoms with Crippen LogP contribution in [0.1, 0.15) is 70.5 Å². The fourth-order valence-electron chi connectivity index (χ4n) is 6.98. The Morgan fingerprint density at radius 2 is 1.50 bits per heavy atom. The second-order valence-electron chi connectivity index (χ2n) is 11.8. The molecule has 224 valence electrons. The molecule has 6 nitrogen and oxygen atoms in total. The van der Waals surface area contributed by atoms with E-state index in [1.54, 1.807) is 11.3 Å². The van der Waals surface area contributed by atoms with Crippen LogP contribution in [0.15, 0.2) is 84.9 Å². The quantitative estimate of drug-likeness (QED) is 0.180. The van der Waals surface area contributed by atoms with Gasteiger partial charge in [-0.05, 0) is 80.2 Å². The van der Waals surface area contributed by atoms with E-state index in [2.05, 4.69) is 70.9 Å². The highest BCUT2D eigenvalue weighted by Gasteiger charge is 2.32. The number of aromatic nitrogens is 2. The van der Waals surface area contributed by atoms with E-state index in [0.717, 1.165) is 79.0 Å². The van der Waals surface area contributed by atoms with Crippen molar-refractivity contribution in [2.45, 2.75) is 51.4 Å². The molecule has 44 heavy (non-hydrogen) atoms. The minimum Gasteiger partial charge on any atom is -0.462 e. The van der Waals surface area contributed by atoms with E-state index >= 15 is 0 Å². The molecule has 7 heteroatoms. The molecule has 3 heterocycles. The summed E-state index contributed by atoms with van der Waals surface area (Å²) in [6, 6.07) is 29.9. The second-order valence-corrected chi connectivity index (χ2v) is 12.9. The summed E-state index contributed by atoms with van der Waals surface area (Å²) in [6.45, 7) is 3.98. The minimum atomic E-state index is -0.252. The number of hydrogen-bond acceptors (Lipinski definition) is 7. The van der Waals surface area contributed by atoms with Crippen LogP contribution < -0.4 is 10.2 Å². The largest absolute Gasteiger partial charge is 0.462 e. The van der Waals surface area contributed by atoms with Crippen LogP contribution in [-0.2, 0) is 17.6 Å². The molecule has 0 amide bonds. The standard InChI is InChI=1S/C37H38N4O2S/c1-2-43-37(42)33-28-17-9-12-20-31(28)44-36(33)40-34-35(39-30-19-11-10-18-29(30)38-34)41-23-21-27(22-24-41)32(25-13-5-3-6-14-25)26-15-7-4-8-16-26/h3-8,10-11,13-16,18-19,27,32H,2,9,12,17,20-24H2,1H3,(H,38,40). The van der Waals surface area contributed by atoms with Crippen molar-refractivity contribution in [3.63, 3.8) is 0 Å². The predicted molar refractivity (Wildman–Crippen MR) is 179 cm³/mol. The molecule has 0 bridgehead atoms. The molecule has 1 saturated heterocycles. The number of fused-ring (bicyclic) bond motifs is 2. The van der Waals surface area contributed by atoms with Crippen molar-refractivity contribution in [2.24, 2.45) is 5.92 Å². The van der Waals surface area contributed by atoms with Crippen LogP contribution >= 0.6 is 11.3 Å². The normalized spacial score (nSPS) is 15.4. The predicted octanol–water partition coefficient (Wildman–Crippen LogP) is 8.54. The highest BCUT2D eigenvalue weighted by molar-refractivity contribution is 7.16. The molecule has 0 atom stereocenters. The summed E-state index contributed by atoms with van der Waals surface area (Å²) in [6.07, 6.45) is 6.25. The van der Waals surface area contributed by atoms with Crippen molar-refractivity contribution >= 4 is 45.0 Å². The molecule has 7 rings (SSSR count). The number of rotatable bonds is 8. The zero-order valence-corrected chi connectivity index (χ0v) is 26.0. The Bertz CT molecular complexity index is 1710. The number of para-hydroxylation sites is 2. The van der Waals surface area contributed by atoms with Crippen LogP contribution in [0.2, 0.25) is 0 Å². The molecule has 1 aliphatic heterocycles. The third-order valence-electron chi connectivity index (χ3n) is 9.06. The Morgan fingerprint density at radius 3 is 2.16 bits per heavy atom. The lowest BCUT2D eigenvalue weighted by atomic mass is 9.76. The van der Waals surface area contributed by atoms with Gasteiger partial charge in [-0.1, -0.05) is 72.8 Å². The molecule has 2 aromatic heterocycles. The van der Waals surface area contributed by atoms with Crippen molar-refractivity contribution in [3.8, 4) is 0 Å². The number of hydrogen-bond donors (Lipinski definition) is 1. The fourth-order valence-corrected chi connectivity index (χ4v) is 8.25. The monoisotopic (exact) mass is 602 g/mol. The zero-order valence-electron chi connectivity index (χ0n) is 25.2. The number of carbonyl (C=O) groups excluding carboxylic acids is 1. The van der Waals surface area contributed by atoms with Gasteiger partial charge in [0.1, 0.15) is 5.00 Å². The first-order chi connectivity index (χ1) is 21.7. The van der Waals surface area contributed by atoms with Gasteiger partial charge in [0.15, 0.2) is 11.6 Å². The number of piperidine rings is 1. The number of anilines is 3. The van der Waals surface area contributed by atoms with Crippen molar-refractivity contribution < 1.29 is 9.53 Å². The van der Waals surface area contributed by atoms with E-state index in [0.29, 0.717) is 29.8 Å². The minimum absolute atomic E-state index is 0.252. The van der Waals surface area contributed by atoms with Crippen molar-refractivity contribution in [1.82, 2.24) is 9.97 Å². The fraction of sp³-hybridized carbons (Fsp3) is 0.324. The Hall–Kier alpha value is -4.23. The van der Waals surface area contributed by atoms with Crippen molar-refractivity contribution in [1.29, 1.82) is 0 Å². The number of thiophene rings is 1. The number of nitrogens with zero attached hydrogens (tertiary/aromatic N) is 3. The number of benzene rings is 3. The number of aryl methyl sites for hydroxylation is 1. The lowest BCUT2D eigenvalue weighted by Gasteiger charge is -2.37. The molecule has 0 spiro atoms. The van der Waals surface area contributed by atoms with E-state index in [1.807, 2.05) is 31.2 Å². The second kappa shape index (κ2) is 12.8. The van der Waals surface area contributed by atoms with Gasteiger partial charge in [-0.3, -0.25) is 0 Å². The Morgan fingerprint density at radius 1 is 0.886 bits per heavy atom. The summed E-state index contributed by atoms with van der Waals surface area (Å²) in [4.78, 5) is 27.1. The number of carbonyl (C=O) groups is 1. The van der Waals surface area contributed by atoms with Gasteiger partial charge in [0, 0.05) is 23.9 Å². The molecule has 1 aliphatic carbocycles. The first-order valence-electron chi connectivity index (χ1n) is 15.9. The average molecular weight is 603 g/mol. The van der Waals surface area contributed by atoms with E-state index in [9.17, 15) is 4.79 Å². The highest BCUT2D eigenvalue weighted by atomic mass is 32.1. The molecule has 2 aliphatic rings. The summed E-state index contributed by atoms with van der Waals surface area (Å²) >= 11 is 1.67. The molecule has 0 radical (unpaired) electrons. The maximum absolute atomic E-state index is 13.2. The molecule has 0 unspecified atom stereocenters. The van der Waals surface area contributed by atoms with Gasteiger partial charge in [-0.2, -0.15) is 0 Å². The molecule has 3 aromatic carbocycles. The van der Waals surface area contributed by atoms with Crippen molar-refractivity contribution in [3.05, 3.63) is 112 Å². The average Bonchev–Trinajstić information content (AvgIpc) is 3.44. The van der Waals surface area contributed by atoms with E-state index in [-0.39, 0.29) is 5.97 Å². The number of esters is 1. The van der Waals surface area contributed by atoms with Gasteiger partial charge < -0.3 is 15.0 Å². The van der Waals surface area contributed by atoms with E-state index in [4.69, 9.17) is 14.7 Å². The smallest absolute Gasteiger partial charge is 0.341 e. The maximum Gasteiger partial charge on any atom is 0.341 e. The zero-order chi connectivity index (χ0) is 29.9. The van der Waals surface area contributed by atoms with Gasteiger partial charge in [-0.25, -0.2) is 14.8 Å². The van der Waals surface area contributed by atoms with Gasteiger partial charge in [0.05, 0.1) is 23.2 Å². The third-order valence-corrected chi connectivity index (χ3v) is 10.3. The SMILES string of the molecule is CCOC(=O)c1c(Nc2nc3ccccc3nc2N2CCC(C(c3ccccc3)c3ccccc3)CC2)sc2c1CCCC2. The molecule has 1 fully saturated rings. The third kappa shape index (κ3) is 5.69. The molecule has 5 aromatic rings. The molecule has 1 N–H and O–H groups in total. The summed E-state index contributed by atoms with van der Waals surface area (Å²) < 4.78 is 5.54. The maximum atomic E-state index is 13.2. The first-order valence-corrected chi connectivity index (χ1v) is 16.7. The summed E-state index contributed by atoms with van der Waals surface area (Å²) in [5, 5.41) is 4.44. The lowest BCUT2D eigenvalue weighted by Crippen LogP contribution is -2.37. The van der Waals surface area contributed by atoms with Gasteiger partial charge in [0.25, 0.3) is 0 Å². The summed E-state index contributed by atoms with van der Waals surface area (Å²) in [7, 11) is 0. The Balaban J connectivity index is 1.21. The highest BCUT2D eigenvalue weighted by Crippen LogP contribution is 2.43. The van der Waals surface area contributed by atoms with Crippen LogP contribution in [0, 0.1) is 5.92 Å². The van der Waals surface area contributed by atoms with E-state index < -0.39 is 0 Å². The van der Waals surface area contributed by atoms with Crippen LogP contribution in [0.4, 0.5) is 16.6 Å². The van der Waals surface area contributed by atoms with E-state index in [1.165, 1.54) is 16.0 Å². The molecular formula is C37H38N4O2S. The van der Waals surface area contributed by atoms with Crippen LogP contribution in [-0.4, -0.2) is 35.6 Å². The van der Waals surface area contributed by atoms with Gasteiger partial charge in [0.2, 0.25) is 0 Å². The summed E-state index contributed by atoms with van der Waals surface area (Å²) in [5.74, 6) is 2.16. The first kappa shape index (κ1) is 28.5. The Kier molecular flexibility index (Phi) is 8.29. The van der Waals surface area contributed by atoms with Crippen LogP contribution in [0.5, 0.6) is 0 Å². The van der Waals surface area contributed by atoms with Crippen LogP contribution in [0.25, 0.3) is 11.0 Å². The van der Waals surface area contributed by atoms with Gasteiger partial charge in [-0.15, -0.1) is 11.3 Å². The van der Waals surface area contributed by atoms with Crippen molar-refractivity contribution in [2.75, 3.05) is 29.9 Å². The molecule has 0 saturated carbocycles. The molecular weight excluding hydrogens is 565 g/mol. The number of nitrogens with one attached hydrogen (secondary N) is 1. The topological polar surface area (TPSA) is 67.3 Å². The van der Waals surface area contributed by atoms with Crippen LogP contribution in [0.3, 0.4) is 0 Å². The van der Waals surface area contributed by atoms with Gasteiger partial charge >= 0.3 is 5.97 Å². The summed E-state index contributed by atoms with van der Waals surface area (Å²) in [5.41, 5.74) is 6.28. The number of ether oxygens (including phenoxy) is 1. The lowest BCUT2D eigenvalue weighted by molar-refractivity contribution is 0.0526. The Labute approximate surface area is 263 Å².